The molecular formula is C20H18O8. The summed E-state index contributed by atoms with van der Waals surface area (Å²) < 4.78 is 9.55. The van der Waals surface area contributed by atoms with Gasteiger partial charge in [-0.1, -0.05) is 37.8 Å². The number of carboxylic acid groups (broad SMARTS) is 2. The molecule has 0 unspecified atom stereocenters. The molecule has 8 heteroatoms. The van der Waals surface area contributed by atoms with Crippen molar-refractivity contribution >= 4 is 23.9 Å². The highest BCUT2D eigenvalue weighted by Gasteiger charge is 2.12. The smallest absolute Gasteiger partial charge is 0.339 e. The van der Waals surface area contributed by atoms with Gasteiger partial charge in [0.05, 0.1) is 0 Å². The number of ether oxygens (including phenoxy) is 2. The van der Waals surface area contributed by atoms with Gasteiger partial charge in [0, 0.05) is 12.5 Å². The fraction of sp³-hybridized carbons (Fsp3) is 0.100. The zero-order valence-electron chi connectivity index (χ0n) is 15.0. The van der Waals surface area contributed by atoms with E-state index in [9.17, 15) is 19.2 Å². The predicted octanol–water partition coefficient (Wildman–Crippen LogP) is 3.18. The van der Waals surface area contributed by atoms with Crippen molar-refractivity contribution in [2.45, 2.75) is 13.3 Å². The Hall–Kier alpha value is -3.94. The molecule has 0 saturated carbocycles. The molecule has 0 fully saturated rings. The Morgan fingerprint density at radius 3 is 1.68 bits per heavy atom. The van der Waals surface area contributed by atoms with E-state index in [1.165, 1.54) is 24.3 Å². The van der Waals surface area contributed by atoms with Crippen LogP contribution in [0.2, 0.25) is 0 Å². The lowest BCUT2D eigenvalue weighted by atomic mass is 10.2. The van der Waals surface area contributed by atoms with Crippen LogP contribution in [-0.2, 0) is 9.59 Å². The fourth-order valence-electron chi connectivity index (χ4n) is 1.81. The first-order valence-corrected chi connectivity index (χ1v) is 7.99. The maximum absolute atomic E-state index is 10.9. The lowest BCUT2D eigenvalue weighted by molar-refractivity contribution is -0.134. The van der Waals surface area contributed by atoms with Gasteiger partial charge in [0.15, 0.2) is 0 Å². The van der Waals surface area contributed by atoms with Gasteiger partial charge in [-0.15, -0.1) is 0 Å². The van der Waals surface area contributed by atoms with E-state index < -0.39 is 23.9 Å². The second-order valence-electron chi connectivity index (χ2n) is 5.06. The maximum Gasteiger partial charge on any atom is 0.339 e. The van der Waals surface area contributed by atoms with Crippen molar-refractivity contribution in [3.63, 3.8) is 0 Å². The third-order valence-corrected chi connectivity index (χ3v) is 3.12. The van der Waals surface area contributed by atoms with Gasteiger partial charge in [-0.2, -0.15) is 0 Å². The third kappa shape index (κ3) is 6.75. The van der Waals surface area contributed by atoms with Gasteiger partial charge in [-0.3, -0.25) is 4.79 Å². The number of rotatable bonds is 6. The molecule has 0 atom stereocenters. The molecule has 0 heterocycles. The number of aromatic carboxylic acids is 2. The number of benzene rings is 2. The quantitative estimate of drug-likeness (QED) is 0.440. The highest BCUT2D eigenvalue weighted by molar-refractivity contribution is 5.93. The van der Waals surface area contributed by atoms with Gasteiger partial charge < -0.3 is 19.7 Å². The van der Waals surface area contributed by atoms with E-state index in [2.05, 4.69) is 6.58 Å². The molecule has 0 radical (unpaired) electrons. The number of hydrogen-bond donors (Lipinski definition) is 2. The Balaban J connectivity index is 0.000000280. The van der Waals surface area contributed by atoms with Crippen LogP contribution in [-0.4, -0.2) is 34.1 Å². The first-order valence-electron chi connectivity index (χ1n) is 7.99. The molecule has 2 aromatic rings. The van der Waals surface area contributed by atoms with Crippen LogP contribution in [0.15, 0.2) is 61.2 Å². The minimum Gasteiger partial charge on any atom is -0.478 e. The van der Waals surface area contributed by atoms with Crippen LogP contribution < -0.4 is 9.47 Å². The average molecular weight is 386 g/mol. The molecule has 0 aliphatic rings. The second kappa shape index (κ2) is 10.9. The van der Waals surface area contributed by atoms with Crippen molar-refractivity contribution in [3.05, 3.63) is 72.3 Å². The number of hydrogen-bond acceptors (Lipinski definition) is 6. The van der Waals surface area contributed by atoms with Gasteiger partial charge in [0.1, 0.15) is 22.6 Å². The molecule has 146 valence electrons. The minimum atomic E-state index is -1.14. The molecule has 0 saturated heterocycles. The molecule has 0 bridgehead atoms. The first kappa shape index (κ1) is 22.1. The van der Waals surface area contributed by atoms with E-state index in [0.29, 0.717) is 0 Å². The summed E-state index contributed by atoms with van der Waals surface area (Å²) in [7, 11) is 0. The normalized spacial score (nSPS) is 9.32. The summed E-state index contributed by atoms with van der Waals surface area (Å²) in [5, 5.41) is 17.5. The molecular weight excluding hydrogens is 368 g/mol. The number of carboxylic acids is 2. The monoisotopic (exact) mass is 386 g/mol. The van der Waals surface area contributed by atoms with Gasteiger partial charge in [0.25, 0.3) is 0 Å². The van der Waals surface area contributed by atoms with Crippen LogP contribution in [0.1, 0.15) is 34.1 Å². The molecule has 0 amide bonds. The van der Waals surface area contributed by atoms with Crippen LogP contribution in [0, 0.1) is 0 Å². The largest absolute Gasteiger partial charge is 0.478 e. The predicted molar refractivity (Wildman–Crippen MR) is 98.6 cm³/mol. The summed E-state index contributed by atoms with van der Waals surface area (Å²) in [5.41, 5.74) is -0.0583. The van der Waals surface area contributed by atoms with E-state index in [1.54, 1.807) is 31.2 Å². The van der Waals surface area contributed by atoms with Crippen LogP contribution in [0.3, 0.4) is 0 Å². The van der Waals surface area contributed by atoms with E-state index in [1.807, 2.05) is 0 Å². The molecule has 0 aromatic heterocycles. The average Bonchev–Trinajstić information content (AvgIpc) is 2.68. The molecule has 0 aliphatic heterocycles. The van der Waals surface area contributed by atoms with Gasteiger partial charge in [-0.25, -0.2) is 14.4 Å². The molecule has 0 aliphatic carbocycles. The molecule has 0 spiro atoms. The van der Waals surface area contributed by atoms with Crippen LogP contribution in [0.5, 0.6) is 11.5 Å². The number of carbonyl (C=O) groups excluding carboxylic acids is 2. The Kier molecular flexibility index (Phi) is 8.62. The van der Waals surface area contributed by atoms with Crippen LogP contribution >= 0.6 is 0 Å². The Morgan fingerprint density at radius 2 is 1.29 bits per heavy atom. The van der Waals surface area contributed by atoms with Gasteiger partial charge in [0.2, 0.25) is 0 Å². The van der Waals surface area contributed by atoms with Crippen LogP contribution in [0.25, 0.3) is 0 Å². The third-order valence-electron chi connectivity index (χ3n) is 3.12. The summed E-state index contributed by atoms with van der Waals surface area (Å²) in [6.45, 7) is 4.85. The van der Waals surface area contributed by atoms with E-state index in [0.717, 1.165) is 6.08 Å². The molecule has 8 nitrogen and oxygen atoms in total. The first-order chi connectivity index (χ1) is 13.3. The van der Waals surface area contributed by atoms with Gasteiger partial charge >= 0.3 is 23.9 Å². The molecule has 2 aromatic carbocycles. The van der Waals surface area contributed by atoms with Crippen molar-refractivity contribution in [1.82, 2.24) is 0 Å². The summed E-state index contributed by atoms with van der Waals surface area (Å²) in [4.78, 5) is 43.1. The summed E-state index contributed by atoms with van der Waals surface area (Å²) in [6, 6.07) is 11.9. The SMILES string of the molecule is C=CC(=O)Oc1ccccc1C(=O)O.CCC(=O)Oc1ccccc1C(=O)O. The van der Waals surface area contributed by atoms with E-state index in [-0.39, 0.29) is 29.0 Å². The Labute approximate surface area is 160 Å². The summed E-state index contributed by atoms with van der Waals surface area (Å²) in [5.74, 6) is -3.27. The molecule has 2 N–H and O–H groups in total. The second-order valence-corrected chi connectivity index (χ2v) is 5.06. The van der Waals surface area contributed by atoms with Crippen molar-refractivity contribution in [2.24, 2.45) is 0 Å². The zero-order valence-corrected chi connectivity index (χ0v) is 15.0. The highest BCUT2D eigenvalue weighted by atomic mass is 16.5. The van der Waals surface area contributed by atoms with Gasteiger partial charge in [-0.05, 0) is 24.3 Å². The molecule has 2 rings (SSSR count). The summed E-state index contributed by atoms with van der Waals surface area (Å²) in [6.07, 6.45) is 1.19. The van der Waals surface area contributed by atoms with E-state index in [4.69, 9.17) is 19.7 Å². The summed E-state index contributed by atoms with van der Waals surface area (Å²) >= 11 is 0. The number of carbonyl (C=O) groups is 4. The number of esters is 2. The maximum atomic E-state index is 10.9. The standard InChI is InChI=1S/C10H10O4.C10H8O4/c2*1-2-9(11)14-8-6-4-3-5-7(8)10(12)13/h3-6H,2H2,1H3,(H,12,13);2-6H,1H2,(H,12,13). The van der Waals surface area contributed by atoms with Crippen LogP contribution in [0.4, 0.5) is 0 Å². The minimum absolute atomic E-state index is 0.00528. The molecule has 28 heavy (non-hydrogen) atoms. The fourth-order valence-corrected chi connectivity index (χ4v) is 1.81. The van der Waals surface area contributed by atoms with Crippen molar-refractivity contribution in [2.75, 3.05) is 0 Å². The number of para-hydroxylation sites is 2. The highest BCUT2D eigenvalue weighted by Crippen LogP contribution is 2.18. The lowest BCUT2D eigenvalue weighted by Gasteiger charge is -2.05. The van der Waals surface area contributed by atoms with Crippen molar-refractivity contribution in [3.8, 4) is 11.5 Å². The van der Waals surface area contributed by atoms with Crippen molar-refractivity contribution < 1.29 is 38.9 Å². The van der Waals surface area contributed by atoms with E-state index >= 15 is 0 Å². The Morgan fingerprint density at radius 1 is 0.857 bits per heavy atom. The topological polar surface area (TPSA) is 127 Å². The van der Waals surface area contributed by atoms with Crippen molar-refractivity contribution in [1.29, 1.82) is 0 Å². The Bertz CT molecular complexity index is 885. The zero-order chi connectivity index (χ0) is 21.1. The lowest BCUT2D eigenvalue weighted by Crippen LogP contribution is -2.09.